The van der Waals surface area contributed by atoms with Gasteiger partial charge in [-0.05, 0) is 33.8 Å². The fourth-order valence-corrected chi connectivity index (χ4v) is 4.68. The minimum Gasteiger partial charge on any atom is -0.457 e. The number of halogens is 1. The van der Waals surface area contributed by atoms with Gasteiger partial charge in [0.1, 0.15) is 12.3 Å². The van der Waals surface area contributed by atoms with Crippen LogP contribution in [-0.4, -0.2) is 70.3 Å². The number of amides is 2. The molecule has 1 N–H and O–H groups in total. The summed E-state index contributed by atoms with van der Waals surface area (Å²) in [7, 11) is 0. The molecular formula is C20H31ClN2O5S. The fraction of sp³-hybridized carbons (Fsp3) is 0.650. The van der Waals surface area contributed by atoms with E-state index in [1.807, 2.05) is 20.8 Å². The molecule has 0 saturated carbocycles. The number of nitrogens with zero attached hydrogens (tertiary/aromatic N) is 2. The highest BCUT2D eigenvalue weighted by Crippen LogP contribution is 2.47. The van der Waals surface area contributed by atoms with E-state index in [1.165, 1.54) is 23.6 Å². The van der Waals surface area contributed by atoms with E-state index in [9.17, 15) is 19.5 Å². The molecule has 9 heteroatoms. The predicted octanol–water partition coefficient (Wildman–Crippen LogP) is 2.34. The Kier molecular flexibility index (Phi) is 9.71. The Morgan fingerprint density at radius 1 is 1.38 bits per heavy atom. The van der Waals surface area contributed by atoms with Crippen molar-refractivity contribution >= 4 is 42.0 Å². The molecule has 0 bridgehead atoms. The van der Waals surface area contributed by atoms with Crippen LogP contribution in [-0.2, 0) is 19.1 Å². The second-order valence-electron chi connectivity index (χ2n) is 7.34. The molecule has 0 unspecified atom stereocenters. The van der Waals surface area contributed by atoms with Gasteiger partial charge in [0.15, 0.2) is 0 Å². The molecule has 2 aliphatic rings. The number of rotatable bonds is 9. The maximum atomic E-state index is 12.7. The summed E-state index contributed by atoms with van der Waals surface area (Å²) in [4.78, 5) is 40.7. The van der Waals surface area contributed by atoms with E-state index in [2.05, 4.69) is 0 Å². The molecule has 1 saturated heterocycles. The molecule has 164 valence electrons. The summed E-state index contributed by atoms with van der Waals surface area (Å²) in [5, 5.41) is 9.90. The summed E-state index contributed by atoms with van der Waals surface area (Å²) in [6.07, 6.45) is 1.58. The molecule has 0 radical (unpaired) electrons. The molecule has 2 amide bonds. The topological polar surface area (TPSA) is 87.2 Å². The SMILES string of the molecule is CCN(CCSC1=C(C(=O)OCC=C(C)C)N2C(=O)[C@H]([C@@H](C)O)[C@H]2C1)C(C)=O.Cl. The number of carbonyl (C=O) groups excluding carboxylic acids is 3. The van der Waals surface area contributed by atoms with Crippen molar-refractivity contribution in [1.82, 2.24) is 9.80 Å². The number of thioether (sulfide) groups is 1. The van der Waals surface area contributed by atoms with Crippen LogP contribution >= 0.6 is 24.2 Å². The zero-order valence-corrected chi connectivity index (χ0v) is 19.3. The Balaban J connectivity index is 0.00000420. The van der Waals surface area contributed by atoms with Gasteiger partial charge in [-0.2, -0.15) is 0 Å². The number of esters is 1. The molecule has 0 aromatic heterocycles. The Bertz CT molecular complexity index is 703. The maximum Gasteiger partial charge on any atom is 0.356 e. The predicted molar refractivity (Wildman–Crippen MR) is 115 cm³/mol. The molecule has 2 heterocycles. The number of ether oxygens (including phenoxy) is 1. The van der Waals surface area contributed by atoms with Crippen molar-refractivity contribution in [2.75, 3.05) is 25.4 Å². The minimum absolute atomic E-state index is 0. The van der Waals surface area contributed by atoms with E-state index in [4.69, 9.17) is 4.74 Å². The van der Waals surface area contributed by atoms with Gasteiger partial charge >= 0.3 is 5.97 Å². The zero-order chi connectivity index (χ0) is 21.0. The van der Waals surface area contributed by atoms with Crippen molar-refractivity contribution in [2.24, 2.45) is 5.92 Å². The van der Waals surface area contributed by atoms with Gasteiger partial charge in [-0.15, -0.1) is 24.2 Å². The highest BCUT2D eigenvalue weighted by atomic mass is 35.5. The standard InChI is InChI=1S/C20H30N2O5S.ClH/c1-6-21(14(5)24)8-10-28-16-11-15-17(13(4)23)19(25)22(15)18(16)20(26)27-9-7-12(2)3;/h7,13,15,17,23H,6,8-11H2,1-5H3;1H/t13-,15-,17-;/m1./s1. The van der Waals surface area contributed by atoms with Gasteiger partial charge < -0.3 is 19.6 Å². The molecule has 2 rings (SSSR count). The second kappa shape index (κ2) is 11.0. The van der Waals surface area contributed by atoms with Crippen LogP contribution in [0.5, 0.6) is 0 Å². The molecule has 0 aliphatic carbocycles. The summed E-state index contributed by atoms with van der Waals surface area (Å²) in [5.74, 6) is -0.592. The number of hydrogen-bond acceptors (Lipinski definition) is 6. The Labute approximate surface area is 182 Å². The lowest BCUT2D eigenvalue weighted by Crippen LogP contribution is -2.61. The summed E-state index contributed by atoms with van der Waals surface area (Å²) in [6, 6.07) is -0.198. The smallest absolute Gasteiger partial charge is 0.356 e. The van der Waals surface area contributed by atoms with Gasteiger partial charge in [0, 0.05) is 37.1 Å². The first-order chi connectivity index (χ1) is 13.2. The van der Waals surface area contributed by atoms with Gasteiger partial charge in [-0.25, -0.2) is 4.79 Å². The lowest BCUT2D eigenvalue weighted by molar-refractivity contribution is -0.162. The third-order valence-electron chi connectivity index (χ3n) is 5.05. The van der Waals surface area contributed by atoms with E-state index < -0.39 is 18.0 Å². The van der Waals surface area contributed by atoms with Crippen molar-refractivity contribution < 1.29 is 24.2 Å². The zero-order valence-electron chi connectivity index (χ0n) is 17.6. The lowest BCUT2D eigenvalue weighted by Gasteiger charge is -2.44. The summed E-state index contributed by atoms with van der Waals surface area (Å²) in [6.45, 7) is 10.2. The summed E-state index contributed by atoms with van der Waals surface area (Å²) < 4.78 is 5.34. The Morgan fingerprint density at radius 3 is 2.55 bits per heavy atom. The van der Waals surface area contributed by atoms with Crippen molar-refractivity contribution in [3.05, 3.63) is 22.3 Å². The van der Waals surface area contributed by atoms with Crippen molar-refractivity contribution in [1.29, 1.82) is 0 Å². The average molecular weight is 447 g/mol. The third kappa shape index (κ3) is 5.77. The first-order valence-corrected chi connectivity index (χ1v) is 10.6. The van der Waals surface area contributed by atoms with Crippen molar-refractivity contribution in [2.45, 2.75) is 53.2 Å². The first-order valence-electron chi connectivity index (χ1n) is 9.62. The maximum absolute atomic E-state index is 12.7. The molecule has 3 atom stereocenters. The van der Waals surface area contributed by atoms with Gasteiger partial charge in [0.2, 0.25) is 11.8 Å². The number of aliphatic hydroxyl groups is 1. The average Bonchev–Trinajstić information content (AvgIpc) is 2.91. The van der Waals surface area contributed by atoms with Crippen molar-refractivity contribution in [3.8, 4) is 0 Å². The lowest BCUT2D eigenvalue weighted by atomic mass is 9.83. The summed E-state index contributed by atoms with van der Waals surface area (Å²) >= 11 is 1.48. The van der Waals surface area contributed by atoms with Crippen LogP contribution in [0.25, 0.3) is 0 Å². The molecule has 7 nitrogen and oxygen atoms in total. The van der Waals surface area contributed by atoms with E-state index >= 15 is 0 Å². The largest absolute Gasteiger partial charge is 0.457 e. The molecule has 29 heavy (non-hydrogen) atoms. The van der Waals surface area contributed by atoms with Gasteiger partial charge in [0.05, 0.1) is 18.1 Å². The number of fused-ring (bicyclic) bond motifs is 1. The number of allylic oxidation sites excluding steroid dienone is 1. The quantitative estimate of drug-likeness (QED) is 0.332. The van der Waals surface area contributed by atoms with E-state index in [0.717, 1.165) is 10.5 Å². The van der Waals surface area contributed by atoms with Crippen LogP contribution in [0, 0.1) is 5.92 Å². The molecule has 1 fully saturated rings. The van der Waals surface area contributed by atoms with Crippen LogP contribution < -0.4 is 0 Å². The molecule has 0 aromatic carbocycles. The van der Waals surface area contributed by atoms with Gasteiger partial charge in [-0.3, -0.25) is 9.59 Å². The van der Waals surface area contributed by atoms with E-state index in [-0.39, 0.29) is 36.9 Å². The van der Waals surface area contributed by atoms with Crippen molar-refractivity contribution in [3.63, 3.8) is 0 Å². The number of aliphatic hydroxyl groups excluding tert-OH is 1. The fourth-order valence-electron chi connectivity index (χ4n) is 3.52. The van der Waals surface area contributed by atoms with Crippen LogP contribution in [0.1, 0.15) is 41.0 Å². The number of hydrogen-bond donors (Lipinski definition) is 1. The van der Waals surface area contributed by atoms with Crippen LogP contribution in [0.2, 0.25) is 0 Å². The Morgan fingerprint density at radius 2 is 2.03 bits per heavy atom. The van der Waals surface area contributed by atoms with E-state index in [1.54, 1.807) is 17.9 Å². The summed E-state index contributed by atoms with van der Waals surface area (Å²) in [5.41, 5.74) is 1.34. The molecular weight excluding hydrogens is 416 g/mol. The van der Waals surface area contributed by atoms with Crippen LogP contribution in [0.3, 0.4) is 0 Å². The highest BCUT2D eigenvalue weighted by molar-refractivity contribution is 8.03. The van der Waals surface area contributed by atoms with Crippen LogP contribution in [0.15, 0.2) is 22.3 Å². The minimum atomic E-state index is -0.755. The molecule has 0 spiro atoms. The molecule has 0 aromatic rings. The van der Waals surface area contributed by atoms with E-state index in [0.29, 0.717) is 31.0 Å². The molecule has 2 aliphatic heterocycles. The normalized spacial score (nSPS) is 21.0. The first kappa shape index (κ1) is 25.5. The third-order valence-corrected chi connectivity index (χ3v) is 6.15. The van der Waals surface area contributed by atoms with Gasteiger partial charge in [-0.1, -0.05) is 5.57 Å². The number of carbonyl (C=O) groups is 3. The van der Waals surface area contributed by atoms with Gasteiger partial charge in [0.25, 0.3) is 0 Å². The highest BCUT2D eigenvalue weighted by Gasteiger charge is 2.56. The monoisotopic (exact) mass is 446 g/mol. The second-order valence-corrected chi connectivity index (χ2v) is 8.53. The Hall–Kier alpha value is -1.51. The number of β-lactam (4-membered cyclic amide) rings is 1. The van der Waals surface area contributed by atoms with Crippen LogP contribution in [0.4, 0.5) is 0 Å².